The van der Waals surface area contributed by atoms with Gasteiger partial charge in [-0.1, -0.05) is 67.1 Å². The topological polar surface area (TPSA) is 26.0 Å². The van der Waals surface area contributed by atoms with Gasteiger partial charge in [-0.3, -0.25) is 0 Å². The van der Waals surface area contributed by atoms with Crippen LogP contribution < -0.4 is 5.73 Å². The number of benzene rings is 1. The van der Waals surface area contributed by atoms with Crippen LogP contribution in [-0.2, 0) is 0 Å². The van der Waals surface area contributed by atoms with Crippen molar-refractivity contribution in [2.24, 2.45) is 11.1 Å². The van der Waals surface area contributed by atoms with Crippen LogP contribution in [-0.4, -0.2) is 0 Å². The van der Waals surface area contributed by atoms with Crippen LogP contribution in [0.3, 0.4) is 0 Å². The van der Waals surface area contributed by atoms with E-state index in [1.54, 1.807) is 0 Å². The second-order valence-electron chi connectivity index (χ2n) is 5.88. The minimum atomic E-state index is 0.140. The highest BCUT2D eigenvalue weighted by atomic mass is 14.6. The molecule has 0 aromatic heterocycles. The fourth-order valence-corrected chi connectivity index (χ4v) is 3.12. The van der Waals surface area contributed by atoms with Crippen molar-refractivity contribution >= 4 is 5.57 Å². The first-order valence-electron chi connectivity index (χ1n) is 7.28. The monoisotopic (exact) mass is 263 g/mol. The molecular weight excluding hydrogens is 242 g/mol. The summed E-state index contributed by atoms with van der Waals surface area (Å²) in [5.41, 5.74) is 11.4. The van der Waals surface area contributed by atoms with Crippen LogP contribution in [0.5, 0.6) is 0 Å². The molecule has 0 spiro atoms. The van der Waals surface area contributed by atoms with E-state index < -0.39 is 0 Å². The van der Waals surface area contributed by atoms with E-state index in [0.717, 1.165) is 25.0 Å². The highest BCUT2D eigenvalue weighted by Crippen LogP contribution is 2.42. The van der Waals surface area contributed by atoms with Crippen LogP contribution >= 0.6 is 0 Å². The summed E-state index contributed by atoms with van der Waals surface area (Å²) >= 11 is 0. The molecule has 0 aliphatic heterocycles. The van der Waals surface area contributed by atoms with Crippen molar-refractivity contribution in [3.63, 3.8) is 0 Å². The lowest BCUT2D eigenvalue weighted by atomic mass is 9.72. The molecule has 1 heteroatoms. The number of allylic oxidation sites excluding steroid dienone is 7. The van der Waals surface area contributed by atoms with Crippen molar-refractivity contribution in [2.75, 3.05) is 0 Å². The number of nitrogens with two attached hydrogens (primary N) is 1. The van der Waals surface area contributed by atoms with Gasteiger partial charge in [0, 0.05) is 11.1 Å². The van der Waals surface area contributed by atoms with Gasteiger partial charge in [0.25, 0.3) is 0 Å². The maximum absolute atomic E-state index is 6.33. The predicted molar refractivity (Wildman–Crippen MR) is 85.9 cm³/mol. The highest BCUT2D eigenvalue weighted by molar-refractivity contribution is 5.72. The van der Waals surface area contributed by atoms with Gasteiger partial charge in [0.05, 0.1) is 0 Å². The third kappa shape index (κ3) is 2.36. The summed E-state index contributed by atoms with van der Waals surface area (Å²) in [6.45, 7) is 2.31. The van der Waals surface area contributed by atoms with E-state index in [2.05, 4.69) is 61.6 Å². The first-order valence-corrected chi connectivity index (χ1v) is 7.28. The van der Waals surface area contributed by atoms with Crippen molar-refractivity contribution in [2.45, 2.75) is 26.2 Å². The Morgan fingerprint density at radius 2 is 1.85 bits per heavy atom. The molecule has 0 amide bonds. The second-order valence-corrected chi connectivity index (χ2v) is 5.88. The van der Waals surface area contributed by atoms with Crippen LogP contribution in [0.2, 0.25) is 0 Å². The summed E-state index contributed by atoms with van der Waals surface area (Å²) in [6, 6.07) is 10.5. The zero-order valence-corrected chi connectivity index (χ0v) is 12.0. The average Bonchev–Trinajstić information content (AvgIpc) is 2.49. The van der Waals surface area contributed by atoms with E-state index in [4.69, 9.17) is 5.73 Å². The summed E-state index contributed by atoms with van der Waals surface area (Å²) < 4.78 is 0. The molecule has 0 bridgehead atoms. The zero-order valence-electron chi connectivity index (χ0n) is 12.0. The van der Waals surface area contributed by atoms with Gasteiger partial charge >= 0.3 is 0 Å². The Hall–Kier alpha value is -2.02. The van der Waals surface area contributed by atoms with Gasteiger partial charge in [0.2, 0.25) is 0 Å². The first-order chi connectivity index (χ1) is 9.69. The van der Waals surface area contributed by atoms with Crippen molar-refractivity contribution < 1.29 is 0 Å². The Morgan fingerprint density at radius 1 is 1.05 bits per heavy atom. The maximum atomic E-state index is 6.33. The molecule has 0 heterocycles. The maximum Gasteiger partial charge on any atom is 0.0352 e. The average molecular weight is 263 g/mol. The Bertz CT molecular complexity index is 616. The molecule has 0 radical (unpaired) electrons. The van der Waals surface area contributed by atoms with E-state index in [-0.39, 0.29) is 5.41 Å². The molecule has 2 aliphatic carbocycles. The third-order valence-electron chi connectivity index (χ3n) is 4.43. The van der Waals surface area contributed by atoms with Gasteiger partial charge in [-0.15, -0.1) is 0 Å². The minimum absolute atomic E-state index is 0.140. The van der Waals surface area contributed by atoms with Crippen LogP contribution in [0, 0.1) is 5.41 Å². The molecule has 1 aromatic carbocycles. The fraction of sp³-hybridized carbons (Fsp3) is 0.263. The van der Waals surface area contributed by atoms with Crippen molar-refractivity contribution in [3.05, 3.63) is 77.5 Å². The van der Waals surface area contributed by atoms with Gasteiger partial charge in [0.1, 0.15) is 0 Å². The molecule has 20 heavy (non-hydrogen) atoms. The number of hydrogen-bond acceptors (Lipinski definition) is 1. The molecule has 1 atom stereocenters. The van der Waals surface area contributed by atoms with E-state index in [9.17, 15) is 0 Å². The van der Waals surface area contributed by atoms with Gasteiger partial charge in [-0.2, -0.15) is 0 Å². The summed E-state index contributed by atoms with van der Waals surface area (Å²) in [5.74, 6) is 0. The quantitative estimate of drug-likeness (QED) is 0.829. The summed E-state index contributed by atoms with van der Waals surface area (Å²) in [7, 11) is 0. The van der Waals surface area contributed by atoms with Crippen LogP contribution in [0.4, 0.5) is 0 Å². The number of hydrogen-bond donors (Lipinski definition) is 1. The Kier molecular flexibility index (Phi) is 3.35. The van der Waals surface area contributed by atoms with Crippen LogP contribution in [0.25, 0.3) is 5.57 Å². The standard InChI is InChI=1S/C19H21N/c1-19(12-6-3-7-13-19)16-10-11-17(18(20)14-16)15-8-4-2-5-9-15/h2-9,12,14H,10-11,13,20H2,1H3. The lowest BCUT2D eigenvalue weighted by Crippen LogP contribution is -2.20. The van der Waals surface area contributed by atoms with Gasteiger partial charge in [0.15, 0.2) is 0 Å². The lowest BCUT2D eigenvalue weighted by Gasteiger charge is -2.32. The molecular formula is C19H21N. The van der Waals surface area contributed by atoms with E-state index in [0.29, 0.717) is 0 Å². The minimum Gasteiger partial charge on any atom is -0.398 e. The summed E-state index contributed by atoms with van der Waals surface area (Å²) in [4.78, 5) is 0. The fourth-order valence-electron chi connectivity index (χ4n) is 3.12. The Labute approximate surface area is 121 Å². The smallest absolute Gasteiger partial charge is 0.0352 e. The van der Waals surface area contributed by atoms with E-state index in [1.165, 1.54) is 16.7 Å². The largest absolute Gasteiger partial charge is 0.398 e. The van der Waals surface area contributed by atoms with Gasteiger partial charge in [-0.25, -0.2) is 0 Å². The molecule has 1 aromatic rings. The zero-order chi connectivity index (χ0) is 14.0. The molecule has 0 saturated heterocycles. The molecule has 102 valence electrons. The summed E-state index contributed by atoms with van der Waals surface area (Å²) in [5, 5.41) is 0. The van der Waals surface area contributed by atoms with E-state index in [1.807, 2.05) is 6.07 Å². The van der Waals surface area contributed by atoms with Gasteiger partial charge in [-0.05, 0) is 36.5 Å². The predicted octanol–water partition coefficient (Wildman–Crippen LogP) is 4.60. The molecule has 1 unspecified atom stereocenters. The number of rotatable bonds is 2. The molecule has 3 rings (SSSR count). The molecule has 0 saturated carbocycles. The molecule has 2 aliphatic rings. The third-order valence-corrected chi connectivity index (χ3v) is 4.43. The van der Waals surface area contributed by atoms with Gasteiger partial charge < -0.3 is 5.73 Å². The Balaban J connectivity index is 1.94. The summed E-state index contributed by atoms with van der Waals surface area (Å²) in [6.07, 6.45) is 14.2. The Morgan fingerprint density at radius 3 is 2.50 bits per heavy atom. The first kappa shape index (κ1) is 13.0. The van der Waals surface area contributed by atoms with Crippen molar-refractivity contribution in [1.29, 1.82) is 0 Å². The molecule has 1 nitrogen and oxygen atoms in total. The van der Waals surface area contributed by atoms with E-state index >= 15 is 0 Å². The molecule has 0 fully saturated rings. The normalized spacial score (nSPS) is 25.8. The van der Waals surface area contributed by atoms with Crippen LogP contribution in [0.15, 0.2) is 72.0 Å². The van der Waals surface area contributed by atoms with Crippen molar-refractivity contribution in [1.82, 2.24) is 0 Å². The lowest BCUT2D eigenvalue weighted by molar-refractivity contribution is 0.495. The highest BCUT2D eigenvalue weighted by Gasteiger charge is 2.28. The van der Waals surface area contributed by atoms with Crippen molar-refractivity contribution in [3.8, 4) is 0 Å². The second kappa shape index (κ2) is 5.16. The SMILES string of the molecule is CC1(C2=CC(N)=C(c3ccccc3)CC2)C=CC=CC1. The molecule has 2 N–H and O–H groups in total. The van der Waals surface area contributed by atoms with Crippen LogP contribution in [0.1, 0.15) is 31.7 Å².